The van der Waals surface area contributed by atoms with Gasteiger partial charge in [0.25, 0.3) is 0 Å². The van der Waals surface area contributed by atoms with Crippen LogP contribution in [0.15, 0.2) is 36.5 Å². The molecule has 3 heterocycles. The first kappa shape index (κ1) is 12.7. The molecule has 1 saturated carbocycles. The Kier molecular flexibility index (Phi) is 3.09. The number of pyridine rings is 1. The molecule has 0 bridgehead atoms. The average molecular weight is 280 g/mol. The van der Waals surface area contributed by atoms with Crippen LogP contribution in [0.4, 0.5) is 5.82 Å². The molecule has 2 aromatic rings. The lowest BCUT2D eigenvalue weighted by Gasteiger charge is -2.23. The Labute approximate surface area is 125 Å². The second-order valence-electron chi connectivity index (χ2n) is 6.37. The lowest BCUT2D eigenvalue weighted by Crippen LogP contribution is -2.25. The molecule has 0 N–H and O–H groups in total. The van der Waals surface area contributed by atoms with Gasteiger partial charge in [-0.05, 0) is 48.9 Å². The van der Waals surface area contributed by atoms with Crippen LogP contribution in [-0.4, -0.2) is 28.3 Å². The molecule has 1 aliphatic carbocycles. The van der Waals surface area contributed by atoms with Crippen LogP contribution in [0, 0.1) is 5.41 Å². The molecule has 0 amide bonds. The van der Waals surface area contributed by atoms with Crippen molar-refractivity contribution < 1.29 is 0 Å². The van der Waals surface area contributed by atoms with Crippen LogP contribution in [0.1, 0.15) is 32.1 Å². The molecule has 1 saturated heterocycles. The van der Waals surface area contributed by atoms with Crippen molar-refractivity contribution in [2.45, 2.75) is 32.1 Å². The van der Waals surface area contributed by atoms with Crippen molar-refractivity contribution in [2.75, 3.05) is 18.0 Å². The Hall–Kier alpha value is -1.97. The van der Waals surface area contributed by atoms with Crippen LogP contribution in [-0.2, 0) is 0 Å². The summed E-state index contributed by atoms with van der Waals surface area (Å²) in [5.74, 6) is 1.01. The molecule has 0 unspecified atom stereocenters. The molecule has 0 radical (unpaired) electrons. The maximum absolute atomic E-state index is 4.43. The van der Waals surface area contributed by atoms with Gasteiger partial charge in [-0.25, -0.2) is 0 Å². The Balaban J connectivity index is 1.52. The van der Waals surface area contributed by atoms with E-state index in [0.29, 0.717) is 5.41 Å². The first-order chi connectivity index (χ1) is 10.3. The fourth-order valence-corrected chi connectivity index (χ4v) is 3.81. The molecule has 1 aliphatic heterocycles. The van der Waals surface area contributed by atoms with Gasteiger partial charge in [-0.15, -0.1) is 10.2 Å². The maximum Gasteiger partial charge on any atom is 0.151 e. The Morgan fingerprint density at radius 3 is 2.52 bits per heavy atom. The SMILES string of the molecule is c1ccc(-c2ccc(N3CCC4(CCCC4)C3)nn2)nc1. The number of rotatable bonds is 2. The van der Waals surface area contributed by atoms with Gasteiger partial charge in [-0.3, -0.25) is 4.98 Å². The molecule has 4 nitrogen and oxygen atoms in total. The van der Waals surface area contributed by atoms with Crippen molar-refractivity contribution in [2.24, 2.45) is 5.41 Å². The number of aromatic nitrogens is 3. The van der Waals surface area contributed by atoms with E-state index in [0.717, 1.165) is 30.3 Å². The Bertz CT molecular complexity index is 602. The maximum atomic E-state index is 4.43. The van der Waals surface area contributed by atoms with Crippen LogP contribution in [0.25, 0.3) is 11.4 Å². The predicted octanol–water partition coefficient (Wildman–Crippen LogP) is 3.31. The van der Waals surface area contributed by atoms with E-state index in [1.165, 1.54) is 32.1 Å². The molecule has 108 valence electrons. The van der Waals surface area contributed by atoms with E-state index in [-0.39, 0.29) is 0 Å². The van der Waals surface area contributed by atoms with Crippen molar-refractivity contribution in [1.29, 1.82) is 0 Å². The Morgan fingerprint density at radius 2 is 1.81 bits per heavy atom. The summed E-state index contributed by atoms with van der Waals surface area (Å²) in [6, 6.07) is 9.97. The molecule has 2 aliphatic rings. The van der Waals surface area contributed by atoms with Crippen LogP contribution in [0.3, 0.4) is 0 Å². The number of hydrogen-bond donors (Lipinski definition) is 0. The van der Waals surface area contributed by atoms with Crippen molar-refractivity contribution in [3.8, 4) is 11.4 Å². The van der Waals surface area contributed by atoms with Gasteiger partial charge in [0.2, 0.25) is 0 Å². The molecule has 2 fully saturated rings. The lowest BCUT2D eigenvalue weighted by atomic mass is 9.86. The molecule has 1 spiro atoms. The number of anilines is 1. The third kappa shape index (κ3) is 2.39. The van der Waals surface area contributed by atoms with E-state index < -0.39 is 0 Å². The second kappa shape index (κ2) is 5.10. The van der Waals surface area contributed by atoms with Gasteiger partial charge >= 0.3 is 0 Å². The van der Waals surface area contributed by atoms with Crippen molar-refractivity contribution in [1.82, 2.24) is 15.2 Å². The zero-order valence-corrected chi connectivity index (χ0v) is 12.2. The highest BCUT2D eigenvalue weighted by Crippen LogP contribution is 2.45. The lowest BCUT2D eigenvalue weighted by molar-refractivity contribution is 0.340. The van der Waals surface area contributed by atoms with Crippen molar-refractivity contribution in [3.05, 3.63) is 36.5 Å². The predicted molar refractivity (Wildman–Crippen MR) is 83.0 cm³/mol. The Morgan fingerprint density at radius 1 is 0.905 bits per heavy atom. The third-order valence-electron chi connectivity index (χ3n) is 5.00. The molecular formula is C17H20N4. The number of hydrogen-bond acceptors (Lipinski definition) is 4. The van der Waals surface area contributed by atoms with E-state index in [1.807, 2.05) is 24.3 Å². The van der Waals surface area contributed by atoms with Crippen LogP contribution in [0.2, 0.25) is 0 Å². The van der Waals surface area contributed by atoms with E-state index >= 15 is 0 Å². The minimum atomic E-state index is 0.571. The van der Waals surface area contributed by atoms with E-state index in [1.54, 1.807) is 6.20 Å². The minimum Gasteiger partial charge on any atom is -0.355 e. The fraction of sp³-hybridized carbons (Fsp3) is 0.471. The molecular weight excluding hydrogens is 260 g/mol. The molecule has 21 heavy (non-hydrogen) atoms. The van der Waals surface area contributed by atoms with E-state index in [4.69, 9.17) is 0 Å². The summed E-state index contributed by atoms with van der Waals surface area (Å²) in [4.78, 5) is 6.72. The van der Waals surface area contributed by atoms with Gasteiger partial charge < -0.3 is 4.90 Å². The van der Waals surface area contributed by atoms with Crippen molar-refractivity contribution in [3.63, 3.8) is 0 Å². The van der Waals surface area contributed by atoms with E-state index in [9.17, 15) is 0 Å². The molecule has 4 heteroatoms. The minimum absolute atomic E-state index is 0.571. The third-order valence-corrected chi connectivity index (χ3v) is 5.00. The summed E-state index contributed by atoms with van der Waals surface area (Å²) in [5, 5.41) is 8.78. The monoisotopic (exact) mass is 280 g/mol. The molecule has 0 aromatic carbocycles. The topological polar surface area (TPSA) is 41.9 Å². The smallest absolute Gasteiger partial charge is 0.151 e. The zero-order valence-electron chi connectivity index (χ0n) is 12.2. The first-order valence-electron chi connectivity index (χ1n) is 7.85. The molecule has 4 rings (SSSR count). The standard InChI is InChI=1S/C17H20N4/c1-4-11-18-14(5-1)15-6-7-16(20-19-15)21-12-10-17(13-21)8-2-3-9-17/h1,4-7,11H,2-3,8-10,12-13H2. The summed E-state index contributed by atoms with van der Waals surface area (Å²) in [7, 11) is 0. The highest BCUT2D eigenvalue weighted by molar-refractivity contribution is 5.55. The van der Waals surface area contributed by atoms with Crippen molar-refractivity contribution >= 4 is 5.82 Å². The highest BCUT2D eigenvalue weighted by atomic mass is 15.3. The second-order valence-corrected chi connectivity index (χ2v) is 6.37. The van der Waals surface area contributed by atoms with E-state index in [2.05, 4.69) is 26.1 Å². The van der Waals surface area contributed by atoms with Crippen LogP contribution in [0.5, 0.6) is 0 Å². The van der Waals surface area contributed by atoms with Crippen LogP contribution < -0.4 is 4.90 Å². The summed E-state index contributed by atoms with van der Waals surface area (Å²) in [6.45, 7) is 2.28. The van der Waals surface area contributed by atoms with Gasteiger partial charge in [-0.1, -0.05) is 18.9 Å². The quantitative estimate of drug-likeness (QED) is 0.846. The summed E-state index contributed by atoms with van der Waals surface area (Å²) in [5.41, 5.74) is 2.29. The van der Waals surface area contributed by atoms with Gasteiger partial charge in [0.1, 0.15) is 5.69 Å². The highest BCUT2D eigenvalue weighted by Gasteiger charge is 2.40. The summed E-state index contributed by atoms with van der Waals surface area (Å²) in [6.07, 6.45) is 8.69. The fourth-order valence-electron chi connectivity index (χ4n) is 3.81. The first-order valence-corrected chi connectivity index (χ1v) is 7.85. The van der Waals surface area contributed by atoms with Gasteiger partial charge in [0.15, 0.2) is 5.82 Å². The molecule has 2 aromatic heterocycles. The summed E-state index contributed by atoms with van der Waals surface area (Å²) < 4.78 is 0. The number of nitrogens with zero attached hydrogens (tertiary/aromatic N) is 4. The average Bonchev–Trinajstić information content (AvgIpc) is 3.19. The normalized spacial score (nSPS) is 20.3. The van der Waals surface area contributed by atoms with Gasteiger partial charge in [0, 0.05) is 19.3 Å². The molecule has 0 atom stereocenters. The largest absolute Gasteiger partial charge is 0.355 e. The summed E-state index contributed by atoms with van der Waals surface area (Å²) >= 11 is 0. The van der Waals surface area contributed by atoms with Gasteiger partial charge in [0.05, 0.1) is 5.69 Å². The van der Waals surface area contributed by atoms with Gasteiger partial charge in [-0.2, -0.15) is 0 Å². The zero-order chi connectivity index (χ0) is 14.1. The van der Waals surface area contributed by atoms with Crippen LogP contribution >= 0.6 is 0 Å².